The number of benzene rings is 1. The molecule has 2 aromatic heterocycles. The molecule has 0 saturated heterocycles. The lowest BCUT2D eigenvalue weighted by Crippen LogP contribution is -2.31. The Balaban J connectivity index is 1.85. The Bertz CT molecular complexity index is 912. The highest BCUT2D eigenvalue weighted by Gasteiger charge is 2.23. The van der Waals surface area contributed by atoms with E-state index in [1.807, 2.05) is 6.92 Å². The Morgan fingerprint density at radius 2 is 1.88 bits per heavy atom. The van der Waals surface area contributed by atoms with Gasteiger partial charge in [0.15, 0.2) is 5.82 Å². The molecule has 0 amide bonds. The molecule has 25 heavy (non-hydrogen) atoms. The number of rotatable bonds is 4. The zero-order chi connectivity index (χ0) is 17.4. The third-order valence-corrected chi connectivity index (χ3v) is 4.99. The minimum Gasteiger partial charge on any atom is -0.350 e. The first kappa shape index (κ1) is 16.1. The Kier molecular flexibility index (Phi) is 4.15. The van der Waals surface area contributed by atoms with Crippen LogP contribution in [0.15, 0.2) is 24.3 Å². The average molecular weight is 335 g/mol. The summed E-state index contributed by atoms with van der Waals surface area (Å²) >= 11 is 0. The van der Waals surface area contributed by atoms with Crippen molar-refractivity contribution in [3.8, 4) is 0 Å². The fourth-order valence-corrected chi connectivity index (χ4v) is 3.72. The summed E-state index contributed by atoms with van der Waals surface area (Å²) in [6.07, 6.45) is 3.02. The fraction of sp³-hybridized carbons (Fsp3) is 0.450. The van der Waals surface area contributed by atoms with Crippen molar-refractivity contribution in [1.82, 2.24) is 19.7 Å². The average Bonchev–Trinajstić information content (AvgIpc) is 2.97. The van der Waals surface area contributed by atoms with Crippen LogP contribution in [-0.2, 0) is 25.9 Å². The molecule has 5 nitrogen and oxygen atoms in total. The molecule has 0 radical (unpaired) electrons. The maximum absolute atomic E-state index is 4.96. The molecular weight excluding hydrogens is 310 g/mol. The van der Waals surface area contributed by atoms with Gasteiger partial charge in [0.25, 0.3) is 0 Å². The van der Waals surface area contributed by atoms with Gasteiger partial charge in [-0.25, -0.2) is 9.97 Å². The Morgan fingerprint density at radius 3 is 2.64 bits per heavy atom. The van der Waals surface area contributed by atoms with Crippen molar-refractivity contribution in [2.24, 2.45) is 0 Å². The number of aromatic nitrogens is 4. The maximum atomic E-state index is 4.96. The molecule has 0 bridgehead atoms. The fourth-order valence-electron chi connectivity index (χ4n) is 3.72. The van der Waals surface area contributed by atoms with E-state index in [1.165, 1.54) is 11.1 Å². The van der Waals surface area contributed by atoms with E-state index in [2.05, 4.69) is 47.7 Å². The van der Waals surface area contributed by atoms with Crippen molar-refractivity contribution >= 4 is 16.9 Å². The lowest BCUT2D eigenvalue weighted by atomic mass is 10.00. The molecule has 0 atom stereocenters. The van der Waals surface area contributed by atoms with Crippen LogP contribution in [0.2, 0.25) is 0 Å². The van der Waals surface area contributed by atoms with Gasteiger partial charge in [0, 0.05) is 26.1 Å². The second-order valence-electron chi connectivity index (χ2n) is 6.75. The second kappa shape index (κ2) is 6.47. The first-order valence-corrected chi connectivity index (χ1v) is 9.27. The van der Waals surface area contributed by atoms with Gasteiger partial charge in [0.2, 0.25) is 0 Å². The summed E-state index contributed by atoms with van der Waals surface area (Å²) in [6.45, 7) is 9.07. The SMILES string of the molecule is CCCc1nc(N2CCc3ccccc3C2)c2c(n1)c(C)nn2CC. The summed E-state index contributed by atoms with van der Waals surface area (Å²) in [5, 5.41) is 4.70. The molecule has 0 unspecified atom stereocenters. The smallest absolute Gasteiger partial charge is 0.158 e. The van der Waals surface area contributed by atoms with Gasteiger partial charge in [-0.2, -0.15) is 5.10 Å². The lowest BCUT2D eigenvalue weighted by Gasteiger charge is -2.30. The largest absolute Gasteiger partial charge is 0.350 e. The molecule has 0 N–H and O–H groups in total. The quantitative estimate of drug-likeness (QED) is 0.730. The van der Waals surface area contributed by atoms with Crippen LogP contribution in [0, 0.1) is 6.92 Å². The van der Waals surface area contributed by atoms with E-state index in [0.717, 1.165) is 67.3 Å². The number of fused-ring (bicyclic) bond motifs is 2. The monoisotopic (exact) mass is 335 g/mol. The zero-order valence-electron chi connectivity index (χ0n) is 15.3. The van der Waals surface area contributed by atoms with Crippen LogP contribution in [0.5, 0.6) is 0 Å². The normalized spacial score (nSPS) is 14.1. The molecule has 1 aromatic carbocycles. The van der Waals surface area contributed by atoms with Crippen LogP contribution in [0.3, 0.4) is 0 Å². The summed E-state index contributed by atoms with van der Waals surface area (Å²) < 4.78 is 2.05. The number of nitrogens with zero attached hydrogens (tertiary/aromatic N) is 5. The van der Waals surface area contributed by atoms with E-state index >= 15 is 0 Å². The number of hydrogen-bond donors (Lipinski definition) is 0. The van der Waals surface area contributed by atoms with E-state index in [4.69, 9.17) is 15.1 Å². The van der Waals surface area contributed by atoms with Crippen molar-refractivity contribution in [2.45, 2.75) is 53.1 Å². The van der Waals surface area contributed by atoms with Crippen LogP contribution >= 0.6 is 0 Å². The van der Waals surface area contributed by atoms with Crippen molar-refractivity contribution in [1.29, 1.82) is 0 Å². The minimum absolute atomic E-state index is 0.832. The van der Waals surface area contributed by atoms with Crippen LogP contribution in [-0.4, -0.2) is 26.3 Å². The highest BCUT2D eigenvalue weighted by Crippen LogP contribution is 2.30. The molecule has 5 heteroatoms. The Morgan fingerprint density at radius 1 is 1.08 bits per heavy atom. The predicted octanol–water partition coefficient (Wildman–Crippen LogP) is 3.67. The molecule has 3 aromatic rings. The van der Waals surface area contributed by atoms with Crippen LogP contribution < -0.4 is 4.90 Å². The Hall–Kier alpha value is -2.43. The first-order valence-electron chi connectivity index (χ1n) is 9.27. The predicted molar refractivity (Wildman–Crippen MR) is 101 cm³/mol. The summed E-state index contributed by atoms with van der Waals surface area (Å²) in [4.78, 5) is 12.2. The molecule has 0 aliphatic carbocycles. The summed E-state index contributed by atoms with van der Waals surface area (Å²) in [6, 6.07) is 8.73. The summed E-state index contributed by atoms with van der Waals surface area (Å²) in [5.41, 5.74) is 5.94. The first-order chi connectivity index (χ1) is 12.2. The van der Waals surface area contributed by atoms with Gasteiger partial charge in [-0.3, -0.25) is 4.68 Å². The van der Waals surface area contributed by atoms with Crippen molar-refractivity contribution in [3.63, 3.8) is 0 Å². The van der Waals surface area contributed by atoms with Gasteiger partial charge in [-0.05, 0) is 37.8 Å². The minimum atomic E-state index is 0.832. The van der Waals surface area contributed by atoms with Gasteiger partial charge >= 0.3 is 0 Å². The molecule has 4 rings (SSSR count). The third kappa shape index (κ3) is 2.77. The van der Waals surface area contributed by atoms with Gasteiger partial charge in [0.05, 0.1) is 5.69 Å². The standard InChI is InChI=1S/C20H25N5/c1-4-8-17-21-18-14(3)23-25(5-2)19(18)20(22-17)24-12-11-15-9-6-7-10-16(15)13-24/h6-7,9-10H,4-5,8,11-13H2,1-3H3. The molecule has 1 aliphatic rings. The number of anilines is 1. The highest BCUT2D eigenvalue weighted by atomic mass is 15.3. The van der Waals surface area contributed by atoms with E-state index < -0.39 is 0 Å². The van der Waals surface area contributed by atoms with Crippen LogP contribution in [0.1, 0.15) is 42.9 Å². The van der Waals surface area contributed by atoms with E-state index in [0.29, 0.717) is 0 Å². The molecule has 1 aliphatic heterocycles. The summed E-state index contributed by atoms with van der Waals surface area (Å²) in [5.74, 6) is 1.98. The molecule has 0 spiro atoms. The van der Waals surface area contributed by atoms with Gasteiger partial charge in [0.1, 0.15) is 16.9 Å². The summed E-state index contributed by atoms with van der Waals surface area (Å²) in [7, 11) is 0. The van der Waals surface area contributed by atoms with Crippen molar-refractivity contribution in [2.75, 3.05) is 11.4 Å². The molecule has 0 fully saturated rings. The molecule has 130 valence electrons. The topological polar surface area (TPSA) is 46.8 Å². The lowest BCUT2D eigenvalue weighted by molar-refractivity contribution is 0.666. The molecular formula is C20H25N5. The molecule has 0 saturated carbocycles. The van der Waals surface area contributed by atoms with Crippen LogP contribution in [0.4, 0.5) is 5.82 Å². The van der Waals surface area contributed by atoms with Crippen molar-refractivity contribution < 1.29 is 0 Å². The van der Waals surface area contributed by atoms with E-state index in [9.17, 15) is 0 Å². The number of hydrogen-bond acceptors (Lipinski definition) is 4. The third-order valence-electron chi connectivity index (χ3n) is 4.99. The van der Waals surface area contributed by atoms with Crippen LogP contribution in [0.25, 0.3) is 11.0 Å². The van der Waals surface area contributed by atoms with Crippen molar-refractivity contribution in [3.05, 3.63) is 46.9 Å². The zero-order valence-corrected chi connectivity index (χ0v) is 15.3. The highest BCUT2D eigenvalue weighted by molar-refractivity contribution is 5.88. The van der Waals surface area contributed by atoms with E-state index in [-0.39, 0.29) is 0 Å². The van der Waals surface area contributed by atoms with Gasteiger partial charge in [-0.1, -0.05) is 31.2 Å². The Labute approximate surface area is 148 Å². The van der Waals surface area contributed by atoms with Gasteiger partial charge in [-0.15, -0.1) is 0 Å². The second-order valence-corrected chi connectivity index (χ2v) is 6.75. The van der Waals surface area contributed by atoms with Gasteiger partial charge < -0.3 is 4.90 Å². The van der Waals surface area contributed by atoms with E-state index in [1.54, 1.807) is 0 Å². The maximum Gasteiger partial charge on any atom is 0.158 e. The molecule has 3 heterocycles. The number of aryl methyl sites for hydroxylation is 3.